The maximum absolute atomic E-state index is 12.2. The van der Waals surface area contributed by atoms with Gasteiger partial charge in [-0.2, -0.15) is 0 Å². The molecule has 0 aliphatic heterocycles. The molecule has 8 heteroatoms. The van der Waals surface area contributed by atoms with E-state index in [0.717, 1.165) is 0 Å². The highest BCUT2D eigenvalue weighted by molar-refractivity contribution is 7.16. The molecule has 0 fully saturated rings. The van der Waals surface area contributed by atoms with Crippen LogP contribution in [0.1, 0.15) is 16.1 Å². The van der Waals surface area contributed by atoms with Crippen molar-refractivity contribution in [2.24, 2.45) is 5.84 Å². The van der Waals surface area contributed by atoms with E-state index in [1.807, 2.05) is 10.8 Å². The predicted octanol–water partition coefficient (Wildman–Crippen LogP) is 0.703. The van der Waals surface area contributed by atoms with Gasteiger partial charge < -0.3 is 4.42 Å². The Morgan fingerprint density at radius 1 is 1.50 bits per heavy atom. The molecule has 3 aromatic heterocycles. The van der Waals surface area contributed by atoms with Crippen molar-refractivity contribution in [1.29, 1.82) is 0 Å². The van der Waals surface area contributed by atoms with Gasteiger partial charge in [0.05, 0.1) is 24.5 Å². The molecule has 0 radical (unpaired) electrons. The molecule has 3 N–H and O–H groups in total. The van der Waals surface area contributed by atoms with Crippen LogP contribution >= 0.6 is 11.3 Å². The molecule has 0 unspecified atom stereocenters. The molecule has 3 aromatic rings. The van der Waals surface area contributed by atoms with Gasteiger partial charge in [-0.05, 0) is 17.5 Å². The van der Waals surface area contributed by atoms with Crippen LogP contribution in [0.5, 0.6) is 0 Å². The summed E-state index contributed by atoms with van der Waals surface area (Å²) in [6.45, 7) is 0.191. The molecule has 7 nitrogen and oxygen atoms in total. The Hall–Kier alpha value is -2.45. The Bertz CT molecular complexity index is 832. The summed E-state index contributed by atoms with van der Waals surface area (Å²) in [5.74, 6) is 4.63. The normalized spacial score (nSPS) is 10.8. The van der Waals surface area contributed by atoms with Crippen LogP contribution < -0.4 is 16.8 Å². The lowest BCUT2D eigenvalue weighted by Gasteiger charge is -2.05. The first kappa shape index (κ1) is 12.6. The van der Waals surface area contributed by atoms with E-state index in [0.29, 0.717) is 15.8 Å². The van der Waals surface area contributed by atoms with Crippen molar-refractivity contribution in [2.75, 3.05) is 0 Å². The monoisotopic (exact) mass is 290 g/mol. The first-order valence-electron chi connectivity index (χ1n) is 5.70. The number of hydrogen-bond acceptors (Lipinski definition) is 6. The third-order valence-electron chi connectivity index (χ3n) is 2.88. The van der Waals surface area contributed by atoms with E-state index in [1.54, 1.807) is 12.1 Å². The highest BCUT2D eigenvalue weighted by Crippen LogP contribution is 2.15. The van der Waals surface area contributed by atoms with E-state index in [9.17, 15) is 9.59 Å². The molecular formula is C12H10N4O3S. The number of furan rings is 1. The standard InChI is InChI=1S/C12H10N4O3S/c13-15-10(17)9-7(1-3-19-9)5-16-6-14-11-8(12(16)18)2-4-20-11/h1-4,6H,5,13H2,(H,15,17). The predicted molar refractivity (Wildman–Crippen MR) is 73.3 cm³/mol. The molecule has 0 saturated heterocycles. The number of nitrogen functional groups attached to an aromatic ring is 1. The summed E-state index contributed by atoms with van der Waals surface area (Å²) in [6.07, 6.45) is 2.83. The molecule has 0 aliphatic rings. The zero-order chi connectivity index (χ0) is 14.1. The number of carbonyl (C=O) groups excluding carboxylic acids is 1. The quantitative estimate of drug-likeness (QED) is 0.420. The van der Waals surface area contributed by atoms with Crippen molar-refractivity contribution in [3.63, 3.8) is 0 Å². The summed E-state index contributed by atoms with van der Waals surface area (Å²) in [5.41, 5.74) is 2.41. The van der Waals surface area contributed by atoms with E-state index < -0.39 is 5.91 Å². The van der Waals surface area contributed by atoms with Crippen LogP contribution in [-0.2, 0) is 6.54 Å². The number of fused-ring (bicyclic) bond motifs is 1. The summed E-state index contributed by atoms with van der Waals surface area (Å²) in [5, 5.41) is 2.37. The molecule has 0 aliphatic carbocycles. The van der Waals surface area contributed by atoms with Crippen LogP contribution in [0.3, 0.4) is 0 Å². The Morgan fingerprint density at radius 2 is 2.35 bits per heavy atom. The lowest BCUT2D eigenvalue weighted by atomic mass is 10.2. The molecule has 102 valence electrons. The smallest absolute Gasteiger partial charge is 0.301 e. The third-order valence-corrected chi connectivity index (χ3v) is 3.70. The molecule has 0 aromatic carbocycles. The first-order chi connectivity index (χ1) is 9.70. The third kappa shape index (κ3) is 2.00. The van der Waals surface area contributed by atoms with Crippen molar-refractivity contribution >= 4 is 27.5 Å². The summed E-state index contributed by atoms with van der Waals surface area (Å²) < 4.78 is 6.50. The Morgan fingerprint density at radius 3 is 3.15 bits per heavy atom. The van der Waals surface area contributed by atoms with Crippen molar-refractivity contribution in [2.45, 2.75) is 6.54 Å². The van der Waals surface area contributed by atoms with Gasteiger partial charge in [-0.1, -0.05) is 0 Å². The number of aromatic nitrogens is 2. The van der Waals surface area contributed by atoms with Crippen molar-refractivity contribution < 1.29 is 9.21 Å². The summed E-state index contributed by atoms with van der Waals surface area (Å²) in [7, 11) is 0. The van der Waals surface area contributed by atoms with Crippen LogP contribution in [0.4, 0.5) is 0 Å². The lowest BCUT2D eigenvalue weighted by Crippen LogP contribution is -2.31. The maximum atomic E-state index is 12.2. The molecule has 3 heterocycles. The average Bonchev–Trinajstić information content (AvgIpc) is 3.10. The van der Waals surface area contributed by atoms with Crippen LogP contribution in [0.2, 0.25) is 0 Å². The highest BCUT2D eigenvalue weighted by atomic mass is 32.1. The molecule has 0 spiro atoms. The fourth-order valence-corrected chi connectivity index (χ4v) is 2.64. The number of nitrogens with one attached hydrogen (secondary N) is 1. The molecule has 0 bridgehead atoms. The van der Waals surface area contributed by atoms with Crippen LogP contribution in [0.25, 0.3) is 10.2 Å². The molecule has 3 rings (SSSR count). The number of rotatable bonds is 3. The fraction of sp³-hybridized carbons (Fsp3) is 0.0833. The Labute approximate surface area is 116 Å². The number of nitrogens with zero attached hydrogens (tertiary/aromatic N) is 2. The van der Waals surface area contributed by atoms with Gasteiger partial charge in [-0.15, -0.1) is 11.3 Å². The molecule has 0 atom stereocenters. The van der Waals surface area contributed by atoms with E-state index in [2.05, 4.69) is 4.98 Å². The summed E-state index contributed by atoms with van der Waals surface area (Å²) >= 11 is 1.41. The van der Waals surface area contributed by atoms with Gasteiger partial charge >= 0.3 is 5.91 Å². The van der Waals surface area contributed by atoms with Crippen molar-refractivity contribution in [1.82, 2.24) is 15.0 Å². The number of carbonyl (C=O) groups is 1. The molecule has 1 amide bonds. The Balaban J connectivity index is 2.02. The minimum Gasteiger partial charge on any atom is -0.459 e. The number of nitrogens with two attached hydrogens (primary N) is 1. The number of amides is 1. The van der Waals surface area contributed by atoms with Crippen LogP contribution in [0.15, 0.2) is 39.3 Å². The fourth-order valence-electron chi connectivity index (χ4n) is 1.91. The van der Waals surface area contributed by atoms with E-state index >= 15 is 0 Å². The highest BCUT2D eigenvalue weighted by Gasteiger charge is 2.15. The SMILES string of the molecule is NNC(=O)c1occc1Cn1cnc2sccc2c1=O. The second kappa shape index (κ2) is 4.91. The topological polar surface area (TPSA) is 103 Å². The number of thiophene rings is 1. The second-order valence-corrected chi connectivity index (χ2v) is 4.96. The molecule has 20 heavy (non-hydrogen) atoms. The lowest BCUT2D eigenvalue weighted by molar-refractivity contribution is 0.0924. The average molecular weight is 290 g/mol. The van der Waals surface area contributed by atoms with Gasteiger partial charge in [-0.3, -0.25) is 19.6 Å². The van der Waals surface area contributed by atoms with Crippen LogP contribution in [0, 0.1) is 0 Å². The van der Waals surface area contributed by atoms with Crippen molar-refractivity contribution in [3.8, 4) is 0 Å². The zero-order valence-corrected chi connectivity index (χ0v) is 11.0. The van der Waals surface area contributed by atoms with E-state index in [1.165, 1.54) is 28.5 Å². The van der Waals surface area contributed by atoms with Gasteiger partial charge in [0.25, 0.3) is 5.56 Å². The van der Waals surface area contributed by atoms with E-state index in [4.69, 9.17) is 10.3 Å². The summed E-state index contributed by atoms with van der Waals surface area (Å²) in [6, 6.07) is 3.35. The first-order valence-corrected chi connectivity index (χ1v) is 6.58. The van der Waals surface area contributed by atoms with Gasteiger partial charge in [0, 0.05) is 5.56 Å². The van der Waals surface area contributed by atoms with Gasteiger partial charge in [-0.25, -0.2) is 10.8 Å². The van der Waals surface area contributed by atoms with Gasteiger partial charge in [0.2, 0.25) is 0 Å². The van der Waals surface area contributed by atoms with Crippen LogP contribution in [-0.4, -0.2) is 15.5 Å². The van der Waals surface area contributed by atoms with Crippen molar-refractivity contribution in [3.05, 3.63) is 51.8 Å². The Kier molecular flexibility index (Phi) is 3.09. The van der Waals surface area contributed by atoms with Gasteiger partial charge in [0.1, 0.15) is 4.83 Å². The minimum atomic E-state index is -0.539. The number of hydrazine groups is 1. The second-order valence-electron chi connectivity index (χ2n) is 4.07. The molecular weight excluding hydrogens is 280 g/mol. The minimum absolute atomic E-state index is 0.0878. The number of hydrogen-bond donors (Lipinski definition) is 2. The van der Waals surface area contributed by atoms with Gasteiger partial charge in [0.15, 0.2) is 5.76 Å². The zero-order valence-electron chi connectivity index (χ0n) is 10.2. The van der Waals surface area contributed by atoms with E-state index in [-0.39, 0.29) is 17.9 Å². The molecule has 0 saturated carbocycles. The largest absolute Gasteiger partial charge is 0.459 e. The summed E-state index contributed by atoms with van der Waals surface area (Å²) in [4.78, 5) is 28.6. The maximum Gasteiger partial charge on any atom is 0.301 e.